The van der Waals surface area contributed by atoms with Gasteiger partial charge in [-0.1, -0.05) is 30.3 Å². The number of carbonyl (C=O) groups is 2. The van der Waals surface area contributed by atoms with Crippen LogP contribution in [0.15, 0.2) is 48.5 Å². The van der Waals surface area contributed by atoms with Gasteiger partial charge in [-0.15, -0.1) is 0 Å². The third-order valence-corrected chi connectivity index (χ3v) is 3.59. The van der Waals surface area contributed by atoms with E-state index in [1.807, 2.05) is 30.3 Å². The SMILES string of the molecule is CCOC(=O)c1[nH]c2ccc(C(=O)O)cc2c1-c1ccccc1. The van der Waals surface area contributed by atoms with E-state index >= 15 is 0 Å². The summed E-state index contributed by atoms with van der Waals surface area (Å²) in [7, 11) is 0. The summed E-state index contributed by atoms with van der Waals surface area (Å²) in [5.41, 5.74) is 2.67. The average Bonchev–Trinajstić information content (AvgIpc) is 2.94. The Bertz CT molecular complexity index is 881. The first-order valence-electron chi connectivity index (χ1n) is 7.23. The van der Waals surface area contributed by atoms with Crippen LogP contribution in [0.25, 0.3) is 22.0 Å². The Morgan fingerprint density at radius 3 is 2.52 bits per heavy atom. The van der Waals surface area contributed by atoms with Crippen molar-refractivity contribution in [1.82, 2.24) is 4.98 Å². The summed E-state index contributed by atoms with van der Waals surface area (Å²) in [6, 6.07) is 14.1. The van der Waals surface area contributed by atoms with Gasteiger partial charge in [-0.05, 0) is 30.7 Å². The fourth-order valence-electron chi connectivity index (χ4n) is 2.59. The van der Waals surface area contributed by atoms with E-state index in [2.05, 4.69) is 4.98 Å². The highest BCUT2D eigenvalue weighted by Gasteiger charge is 2.21. The normalized spacial score (nSPS) is 10.7. The number of hydrogen-bond donors (Lipinski definition) is 2. The molecule has 3 rings (SSSR count). The van der Waals surface area contributed by atoms with Gasteiger partial charge in [0.25, 0.3) is 0 Å². The van der Waals surface area contributed by atoms with Crippen LogP contribution in [0.3, 0.4) is 0 Å². The van der Waals surface area contributed by atoms with E-state index in [0.717, 1.165) is 5.56 Å². The molecule has 23 heavy (non-hydrogen) atoms. The number of esters is 1. The molecule has 0 unspecified atom stereocenters. The molecule has 0 aliphatic heterocycles. The maximum absolute atomic E-state index is 12.3. The highest BCUT2D eigenvalue weighted by molar-refractivity contribution is 6.09. The van der Waals surface area contributed by atoms with Crippen LogP contribution in [0.1, 0.15) is 27.8 Å². The Labute approximate surface area is 132 Å². The Morgan fingerprint density at radius 1 is 1.13 bits per heavy atom. The van der Waals surface area contributed by atoms with Crippen molar-refractivity contribution in [2.75, 3.05) is 6.61 Å². The van der Waals surface area contributed by atoms with Crippen molar-refractivity contribution in [3.05, 3.63) is 59.8 Å². The first-order valence-corrected chi connectivity index (χ1v) is 7.23. The van der Waals surface area contributed by atoms with Crippen LogP contribution in [-0.4, -0.2) is 28.6 Å². The van der Waals surface area contributed by atoms with Crippen LogP contribution in [0.2, 0.25) is 0 Å². The largest absolute Gasteiger partial charge is 0.478 e. The van der Waals surface area contributed by atoms with Gasteiger partial charge in [0, 0.05) is 16.5 Å². The molecule has 0 fully saturated rings. The molecule has 5 nitrogen and oxygen atoms in total. The number of ether oxygens (including phenoxy) is 1. The van der Waals surface area contributed by atoms with Gasteiger partial charge in [-0.2, -0.15) is 0 Å². The number of nitrogens with one attached hydrogen (secondary N) is 1. The van der Waals surface area contributed by atoms with Crippen LogP contribution in [0.4, 0.5) is 0 Å². The number of rotatable bonds is 4. The number of H-pyrrole nitrogens is 1. The van der Waals surface area contributed by atoms with E-state index in [4.69, 9.17) is 4.74 Å². The first-order chi connectivity index (χ1) is 11.1. The van der Waals surface area contributed by atoms with Crippen LogP contribution < -0.4 is 0 Å². The van der Waals surface area contributed by atoms with Gasteiger partial charge in [0.2, 0.25) is 0 Å². The molecule has 0 saturated heterocycles. The Balaban J connectivity index is 2.30. The van der Waals surface area contributed by atoms with Crippen molar-refractivity contribution < 1.29 is 19.4 Å². The van der Waals surface area contributed by atoms with Gasteiger partial charge in [0.1, 0.15) is 5.69 Å². The number of fused-ring (bicyclic) bond motifs is 1. The molecule has 5 heteroatoms. The molecule has 1 aromatic heterocycles. The maximum atomic E-state index is 12.3. The molecule has 0 amide bonds. The summed E-state index contributed by atoms with van der Waals surface area (Å²) in [6.45, 7) is 2.01. The van der Waals surface area contributed by atoms with E-state index in [1.54, 1.807) is 19.1 Å². The molecular formula is C18H15NO4. The molecule has 0 saturated carbocycles. The number of carbonyl (C=O) groups excluding carboxylic acids is 1. The number of carboxylic acid groups (broad SMARTS) is 1. The lowest BCUT2D eigenvalue weighted by Crippen LogP contribution is -2.06. The van der Waals surface area contributed by atoms with Crippen molar-refractivity contribution in [3.8, 4) is 11.1 Å². The highest BCUT2D eigenvalue weighted by atomic mass is 16.5. The smallest absolute Gasteiger partial charge is 0.355 e. The van der Waals surface area contributed by atoms with Gasteiger partial charge < -0.3 is 14.8 Å². The molecule has 0 radical (unpaired) electrons. The maximum Gasteiger partial charge on any atom is 0.355 e. The molecule has 116 valence electrons. The minimum Gasteiger partial charge on any atom is -0.478 e. The lowest BCUT2D eigenvalue weighted by molar-refractivity contribution is 0.0521. The minimum absolute atomic E-state index is 0.170. The molecule has 0 aliphatic rings. The number of aromatic nitrogens is 1. The predicted molar refractivity (Wildman–Crippen MR) is 86.7 cm³/mol. The fraction of sp³-hybridized carbons (Fsp3) is 0.111. The van der Waals surface area contributed by atoms with E-state index in [-0.39, 0.29) is 12.2 Å². The zero-order chi connectivity index (χ0) is 16.4. The third-order valence-electron chi connectivity index (χ3n) is 3.59. The summed E-state index contributed by atoms with van der Waals surface area (Å²) in [6.07, 6.45) is 0. The number of carboxylic acids is 1. The second kappa shape index (κ2) is 5.96. The van der Waals surface area contributed by atoms with Crippen molar-refractivity contribution in [1.29, 1.82) is 0 Å². The number of hydrogen-bond acceptors (Lipinski definition) is 3. The van der Waals surface area contributed by atoms with Crippen LogP contribution in [-0.2, 0) is 4.74 Å². The number of aromatic amines is 1. The quantitative estimate of drug-likeness (QED) is 0.720. The van der Waals surface area contributed by atoms with Crippen molar-refractivity contribution in [2.24, 2.45) is 0 Å². The lowest BCUT2D eigenvalue weighted by atomic mass is 10.0. The van der Waals surface area contributed by atoms with Gasteiger partial charge in [0.05, 0.1) is 12.2 Å². The molecule has 2 N–H and O–H groups in total. The standard InChI is InChI=1S/C18H15NO4/c1-2-23-18(22)16-15(11-6-4-3-5-7-11)13-10-12(17(20)21)8-9-14(13)19-16/h3-10,19H,2H2,1H3,(H,20,21). The summed E-state index contributed by atoms with van der Waals surface area (Å²) >= 11 is 0. The van der Waals surface area contributed by atoms with Crippen molar-refractivity contribution >= 4 is 22.8 Å². The number of aromatic carboxylic acids is 1. The predicted octanol–water partition coefficient (Wildman–Crippen LogP) is 3.71. The third kappa shape index (κ3) is 2.68. The zero-order valence-corrected chi connectivity index (χ0v) is 12.5. The summed E-state index contributed by atoms with van der Waals surface area (Å²) in [4.78, 5) is 26.5. The summed E-state index contributed by atoms with van der Waals surface area (Å²) < 4.78 is 5.11. The molecule has 0 bridgehead atoms. The zero-order valence-electron chi connectivity index (χ0n) is 12.5. The first kappa shape index (κ1) is 14.8. The monoisotopic (exact) mass is 309 g/mol. The fourth-order valence-corrected chi connectivity index (χ4v) is 2.59. The topological polar surface area (TPSA) is 79.4 Å². The molecule has 0 spiro atoms. The van der Waals surface area contributed by atoms with E-state index in [0.29, 0.717) is 22.2 Å². The Morgan fingerprint density at radius 2 is 1.87 bits per heavy atom. The highest BCUT2D eigenvalue weighted by Crippen LogP contribution is 2.33. The summed E-state index contributed by atoms with van der Waals surface area (Å²) in [5, 5.41) is 9.88. The minimum atomic E-state index is -1.01. The average molecular weight is 309 g/mol. The van der Waals surface area contributed by atoms with Crippen LogP contribution in [0.5, 0.6) is 0 Å². The Hall–Kier alpha value is -3.08. The van der Waals surface area contributed by atoms with Crippen molar-refractivity contribution in [3.63, 3.8) is 0 Å². The van der Waals surface area contributed by atoms with Gasteiger partial charge >= 0.3 is 11.9 Å². The van der Waals surface area contributed by atoms with E-state index < -0.39 is 11.9 Å². The van der Waals surface area contributed by atoms with Gasteiger partial charge in [-0.25, -0.2) is 9.59 Å². The molecule has 0 aliphatic carbocycles. The molecule has 1 heterocycles. The second-order valence-electron chi connectivity index (χ2n) is 5.03. The summed E-state index contributed by atoms with van der Waals surface area (Å²) in [5.74, 6) is -1.47. The molecule has 0 atom stereocenters. The lowest BCUT2D eigenvalue weighted by Gasteiger charge is -2.05. The molecule has 2 aromatic carbocycles. The molecule has 3 aromatic rings. The van der Waals surface area contributed by atoms with Gasteiger partial charge in [0.15, 0.2) is 0 Å². The Kier molecular flexibility index (Phi) is 3.85. The second-order valence-corrected chi connectivity index (χ2v) is 5.03. The number of benzene rings is 2. The van der Waals surface area contributed by atoms with E-state index in [9.17, 15) is 14.7 Å². The van der Waals surface area contributed by atoms with E-state index in [1.165, 1.54) is 6.07 Å². The molecular weight excluding hydrogens is 294 g/mol. The van der Waals surface area contributed by atoms with Gasteiger partial charge in [-0.3, -0.25) is 0 Å². The van der Waals surface area contributed by atoms with Crippen molar-refractivity contribution in [2.45, 2.75) is 6.92 Å². The van der Waals surface area contributed by atoms with Crippen LogP contribution in [0, 0.1) is 0 Å². The van der Waals surface area contributed by atoms with Crippen LogP contribution >= 0.6 is 0 Å².